The van der Waals surface area contributed by atoms with Crippen LogP contribution in [0.2, 0.25) is 5.02 Å². The number of rotatable bonds is 5. The number of carboxylic acid groups (broad SMARTS) is 1. The summed E-state index contributed by atoms with van der Waals surface area (Å²) in [5.41, 5.74) is 1.74. The second-order valence-electron chi connectivity index (χ2n) is 4.17. The first kappa shape index (κ1) is 14.2. The monoisotopic (exact) mass is 291 g/mol. The molecule has 5 heteroatoms. The molecule has 104 valence electrons. The van der Waals surface area contributed by atoms with Gasteiger partial charge in [0.2, 0.25) is 0 Å². The first-order chi connectivity index (χ1) is 9.61. The van der Waals surface area contributed by atoms with Crippen molar-refractivity contribution in [2.24, 2.45) is 0 Å². The van der Waals surface area contributed by atoms with Crippen molar-refractivity contribution in [3.63, 3.8) is 0 Å². The molecule has 0 bridgehead atoms. The molecular weight excluding hydrogens is 278 g/mol. The van der Waals surface area contributed by atoms with Gasteiger partial charge in [-0.15, -0.1) is 0 Å². The van der Waals surface area contributed by atoms with Crippen LogP contribution in [0.1, 0.15) is 15.9 Å². The number of carbonyl (C=O) groups is 1. The van der Waals surface area contributed by atoms with E-state index in [1.54, 1.807) is 13.2 Å². The highest BCUT2D eigenvalue weighted by atomic mass is 35.5. The summed E-state index contributed by atoms with van der Waals surface area (Å²) in [6, 6.07) is 12.1. The molecule has 0 aliphatic rings. The fourth-order valence-electron chi connectivity index (χ4n) is 1.83. The van der Waals surface area contributed by atoms with Crippen molar-refractivity contribution in [3.8, 4) is 5.75 Å². The number of aromatic carboxylic acids is 1. The second kappa shape index (κ2) is 6.30. The van der Waals surface area contributed by atoms with Gasteiger partial charge >= 0.3 is 5.97 Å². The Labute approximate surface area is 122 Å². The van der Waals surface area contributed by atoms with Crippen LogP contribution in [0, 0.1) is 0 Å². The quantitative estimate of drug-likeness (QED) is 0.882. The Morgan fingerprint density at radius 3 is 2.75 bits per heavy atom. The Bertz CT molecular complexity index is 628. The minimum Gasteiger partial charge on any atom is -0.496 e. The van der Waals surface area contributed by atoms with Gasteiger partial charge in [0.1, 0.15) is 5.75 Å². The van der Waals surface area contributed by atoms with Crippen LogP contribution in [0.4, 0.5) is 5.69 Å². The Kier molecular flexibility index (Phi) is 4.48. The number of para-hydroxylation sites is 1. The smallest absolute Gasteiger partial charge is 0.335 e. The van der Waals surface area contributed by atoms with Crippen molar-refractivity contribution in [3.05, 3.63) is 58.6 Å². The number of benzene rings is 2. The topological polar surface area (TPSA) is 58.6 Å². The number of hydrogen-bond acceptors (Lipinski definition) is 3. The SMILES string of the molecule is COc1ccccc1CNc1cc(C(=O)O)ccc1Cl. The maximum atomic E-state index is 10.9. The van der Waals surface area contributed by atoms with E-state index in [9.17, 15) is 4.79 Å². The zero-order valence-electron chi connectivity index (χ0n) is 10.9. The number of anilines is 1. The Hall–Kier alpha value is -2.20. The minimum atomic E-state index is -0.984. The molecule has 0 aliphatic heterocycles. The lowest BCUT2D eigenvalue weighted by Crippen LogP contribution is -2.04. The average Bonchev–Trinajstić information content (AvgIpc) is 2.46. The van der Waals surface area contributed by atoms with Crippen molar-refractivity contribution in [1.82, 2.24) is 0 Å². The fraction of sp³-hybridized carbons (Fsp3) is 0.133. The Balaban J connectivity index is 2.18. The van der Waals surface area contributed by atoms with Gasteiger partial charge in [-0.05, 0) is 24.3 Å². The van der Waals surface area contributed by atoms with Crippen molar-refractivity contribution in [2.75, 3.05) is 12.4 Å². The van der Waals surface area contributed by atoms with E-state index in [2.05, 4.69) is 5.32 Å². The molecule has 2 rings (SSSR count). The average molecular weight is 292 g/mol. The number of ether oxygens (including phenoxy) is 1. The van der Waals surface area contributed by atoms with E-state index in [1.807, 2.05) is 24.3 Å². The molecule has 0 unspecified atom stereocenters. The molecule has 0 saturated heterocycles. The summed E-state index contributed by atoms with van der Waals surface area (Å²) in [6.07, 6.45) is 0. The number of carboxylic acids is 1. The standard InChI is InChI=1S/C15H14ClNO3/c1-20-14-5-3-2-4-11(14)9-17-13-8-10(15(18)19)6-7-12(13)16/h2-8,17H,9H2,1H3,(H,18,19). The van der Waals surface area contributed by atoms with Crippen LogP contribution in [0.5, 0.6) is 5.75 Å². The van der Waals surface area contributed by atoms with Crippen LogP contribution in [0.25, 0.3) is 0 Å². The highest BCUT2D eigenvalue weighted by Crippen LogP contribution is 2.25. The van der Waals surface area contributed by atoms with Gasteiger partial charge in [-0.2, -0.15) is 0 Å². The summed E-state index contributed by atoms with van der Waals surface area (Å²) in [4.78, 5) is 10.9. The Morgan fingerprint density at radius 2 is 2.05 bits per heavy atom. The van der Waals surface area contributed by atoms with Crippen LogP contribution in [0.15, 0.2) is 42.5 Å². The van der Waals surface area contributed by atoms with Crippen LogP contribution in [0.3, 0.4) is 0 Å². The van der Waals surface area contributed by atoms with Gasteiger partial charge in [0.15, 0.2) is 0 Å². The van der Waals surface area contributed by atoms with Gasteiger partial charge in [-0.1, -0.05) is 29.8 Å². The predicted octanol–water partition coefficient (Wildman–Crippen LogP) is 3.66. The van der Waals surface area contributed by atoms with E-state index >= 15 is 0 Å². The lowest BCUT2D eigenvalue weighted by atomic mass is 10.1. The molecule has 0 saturated carbocycles. The fourth-order valence-corrected chi connectivity index (χ4v) is 2.02. The van der Waals surface area contributed by atoms with Crippen LogP contribution in [-0.2, 0) is 6.54 Å². The summed E-state index contributed by atoms with van der Waals surface area (Å²) in [7, 11) is 1.61. The highest BCUT2D eigenvalue weighted by molar-refractivity contribution is 6.33. The van der Waals surface area contributed by atoms with Crippen LogP contribution >= 0.6 is 11.6 Å². The number of halogens is 1. The molecule has 20 heavy (non-hydrogen) atoms. The normalized spacial score (nSPS) is 10.1. The van der Waals surface area contributed by atoms with Crippen molar-refractivity contribution in [1.29, 1.82) is 0 Å². The third kappa shape index (κ3) is 3.22. The third-order valence-electron chi connectivity index (χ3n) is 2.88. The van der Waals surface area contributed by atoms with Crippen LogP contribution in [-0.4, -0.2) is 18.2 Å². The molecule has 2 N–H and O–H groups in total. The molecule has 0 fully saturated rings. The summed E-state index contributed by atoms with van der Waals surface area (Å²) in [5, 5.41) is 12.6. The molecule has 0 aliphatic carbocycles. The molecule has 0 aromatic heterocycles. The molecule has 0 spiro atoms. The first-order valence-corrected chi connectivity index (χ1v) is 6.38. The van der Waals surface area contributed by atoms with Gasteiger partial charge < -0.3 is 15.2 Å². The zero-order chi connectivity index (χ0) is 14.5. The lowest BCUT2D eigenvalue weighted by molar-refractivity contribution is 0.0697. The minimum absolute atomic E-state index is 0.192. The summed E-state index contributed by atoms with van der Waals surface area (Å²) in [6.45, 7) is 0.493. The van der Waals surface area contributed by atoms with Gasteiger partial charge in [0, 0.05) is 12.1 Å². The molecular formula is C15H14ClNO3. The van der Waals surface area contributed by atoms with E-state index in [4.69, 9.17) is 21.4 Å². The molecule has 4 nitrogen and oxygen atoms in total. The maximum Gasteiger partial charge on any atom is 0.335 e. The Morgan fingerprint density at radius 1 is 1.30 bits per heavy atom. The zero-order valence-corrected chi connectivity index (χ0v) is 11.6. The summed E-state index contributed by atoms with van der Waals surface area (Å²) in [5.74, 6) is -0.215. The molecule has 0 heterocycles. The van der Waals surface area contributed by atoms with Gasteiger partial charge in [0.05, 0.1) is 23.4 Å². The molecule has 0 radical (unpaired) electrons. The lowest BCUT2D eigenvalue weighted by Gasteiger charge is -2.12. The molecule has 0 atom stereocenters. The number of nitrogens with one attached hydrogen (secondary N) is 1. The largest absolute Gasteiger partial charge is 0.496 e. The highest BCUT2D eigenvalue weighted by Gasteiger charge is 2.08. The summed E-state index contributed by atoms with van der Waals surface area (Å²) < 4.78 is 5.26. The number of methoxy groups -OCH3 is 1. The summed E-state index contributed by atoms with van der Waals surface area (Å²) >= 11 is 6.05. The van der Waals surface area contributed by atoms with E-state index in [0.29, 0.717) is 17.3 Å². The first-order valence-electron chi connectivity index (χ1n) is 6.00. The van der Waals surface area contributed by atoms with Crippen LogP contribution < -0.4 is 10.1 Å². The third-order valence-corrected chi connectivity index (χ3v) is 3.20. The van der Waals surface area contributed by atoms with Crippen molar-refractivity contribution < 1.29 is 14.6 Å². The van der Waals surface area contributed by atoms with E-state index in [0.717, 1.165) is 11.3 Å². The van der Waals surface area contributed by atoms with E-state index < -0.39 is 5.97 Å². The van der Waals surface area contributed by atoms with Crippen molar-refractivity contribution in [2.45, 2.75) is 6.54 Å². The van der Waals surface area contributed by atoms with Gasteiger partial charge in [-0.3, -0.25) is 0 Å². The maximum absolute atomic E-state index is 10.9. The van der Waals surface area contributed by atoms with E-state index in [-0.39, 0.29) is 5.56 Å². The predicted molar refractivity (Wildman–Crippen MR) is 78.7 cm³/mol. The molecule has 2 aromatic carbocycles. The van der Waals surface area contributed by atoms with E-state index in [1.165, 1.54) is 12.1 Å². The van der Waals surface area contributed by atoms with Gasteiger partial charge in [-0.25, -0.2) is 4.79 Å². The molecule has 2 aromatic rings. The second-order valence-corrected chi connectivity index (χ2v) is 4.57. The van der Waals surface area contributed by atoms with Gasteiger partial charge in [0.25, 0.3) is 0 Å². The molecule has 0 amide bonds. The van der Waals surface area contributed by atoms with Crippen molar-refractivity contribution >= 4 is 23.3 Å². The number of hydrogen-bond donors (Lipinski definition) is 2.